The number of hydrogen-bond donors (Lipinski definition) is 1. The number of benzene rings is 1. The van der Waals surface area contributed by atoms with Gasteiger partial charge in [-0.2, -0.15) is 0 Å². The lowest BCUT2D eigenvalue weighted by atomic mass is 10.2. The van der Waals surface area contributed by atoms with Crippen LogP contribution in [-0.4, -0.2) is 16.6 Å². The van der Waals surface area contributed by atoms with Gasteiger partial charge in [0.2, 0.25) is 0 Å². The number of thiocarbonyl (C=S) groups is 1. The lowest BCUT2D eigenvalue weighted by molar-refractivity contribution is 0.269. The molecule has 0 bridgehead atoms. The highest BCUT2D eigenvalue weighted by atomic mass is 32.1. The first-order chi connectivity index (χ1) is 10.0. The molecule has 0 radical (unpaired) electrons. The van der Waals surface area contributed by atoms with E-state index in [9.17, 15) is 0 Å². The summed E-state index contributed by atoms with van der Waals surface area (Å²) in [6.07, 6.45) is 0. The highest BCUT2D eigenvalue weighted by Crippen LogP contribution is 2.30. The van der Waals surface area contributed by atoms with Crippen molar-refractivity contribution in [2.45, 2.75) is 27.4 Å². The van der Waals surface area contributed by atoms with Crippen LogP contribution in [0.25, 0.3) is 0 Å². The minimum Gasteiger partial charge on any atom is -0.490 e. The molecule has 1 aromatic carbocycles. The molecule has 112 valence electrons. The highest BCUT2D eigenvalue weighted by Gasteiger charge is 2.10. The van der Waals surface area contributed by atoms with Gasteiger partial charge < -0.3 is 15.2 Å². The van der Waals surface area contributed by atoms with Crippen LogP contribution in [0.4, 0.5) is 0 Å². The molecule has 1 aromatic heterocycles. The van der Waals surface area contributed by atoms with Gasteiger partial charge in [0.1, 0.15) is 16.6 Å². The van der Waals surface area contributed by atoms with Crippen LogP contribution in [0, 0.1) is 13.8 Å². The fourth-order valence-corrected chi connectivity index (χ4v) is 2.76. The predicted molar refractivity (Wildman–Crippen MR) is 89.4 cm³/mol. The molecule has 0 saturated carbocycles. The number of ether oxygens (including phenoxy) is 2. The summed E-state index contributed by atoms with van der Waals surface area (Å²) in [6, 6.07) is 5.46. The molecule has 6 heteroatoms. The zero-order valence-corrected chi connectivity index (χ0v) is 13.9. The zero-order valence-electron chi connectivity index (χ0n) is 12.3. The largest absolute Gasteiger partial charge is 0.490 e. The number of thiazole rings is 1. The summed E-state index contributed by atoms with van der Waals surface area (Å²) in [5.41, 5.74) is 7.45. The van der Waals surface area contributed by atoms with Crippen molar-refractivity contribution in [2.24, 2.45) is 5.73 Å². The maximum atomic E-state index is 5.82. The SMILES string of the molecule is CCOc1cc(C(N)=S)ccc1OCc1nc(C)c(C)s1. The molecule has 21 heavy (non-hydrogen) atoms. The van der Waals surface area contributed by atoms with E-state index in [-0.39, 0.29) is 0 Å². The van der Waals surface area contributed by atoms with Crippen LogP contribution in [-0.2, 0) is 6.61 Å². The lowest BCUT2D eigenvalue weighted by Gasteiger charge is -2.12. The van der Waals surface area contributed by atoms with Gasteiger partial charge >= 0.3 is 0 Å². The van der Waals surface area contributed by atoms with E-state index in [0.29, 0.717) is 29.7 Å². The lowest BCUT2D eigenvalue weighted by Crippen LogP contribution is -2.10. The minimum absolute atomic E-state index is 0.341. The first-order valence-corrected chi connectivity index (χ1v) is 7.86. The van der Waals surface area contributed by atoms with Crippen molar-refractivity contribution in [3.63, 3.8) is 0 Å². The van der Waals surface area contributed by atoms with Gasteiger partial charge in [-0.05, 0) is 39.0 Å². The van der Waals surface area contributed by atoms with Gasteiger partial charge in [0, 0.05) is 10.4 Å². The number of nitrogens with two attached hydrogens (primary N) is 1. The quantitative estimate of drug-likeness (QED) is 0.826. The molecule has 1 heterocycles. The number of rotatable bonds is 6. The molecule has 0 unspecified atom stereocenters. The summed E-state index contributed by atoms with van der Waals surface area (Å²) < 4.78 is 11.4. The van der Waals surface area contributed by atoms with E-state index in [1.54, 1.807) is 17.4 Å². The van der Waals surface area contributed by atoms with E-state index in [0.717, 1.165) is 16.3 Å². The fourth-order valence-electron chi connectivity index (χ4n) is 1.79. The molecule has 0 aliphatic carbocycles. The standard InChI is InChI=1S/C15H18N2O2S2/c1-4-18-13-7-11(15(16)20)5-6-12(13)19-8-14-17-9(2)10(3)21-14/h5-7H,4,8H2,1-3H3,(H2,16,20). The Morgan fingerprint density at radius 2 is 2.05 bits per heavy atom. The molecule has 2 aromatic rings. The molecule has 0 spiro atoms. The molecule has 4 nitrogen and oxygen atoms in total. The summed E-state index contributed by atoms with van der Waals surface area (Å²) in [4.78, 5) is 6.01. The van der Waals surface area contributed by atoms with Gasteiger partial charge in [0.15, 0.2) is 11.5 Å². The van der Waals surface area contributed by atoms with Crippen LogP contribution in [0.1, 0.15) is 28.1 Å². The van der Waals surface area contributed by atoms with Crippen molar-refractivity contribution in [3.05, 3.63) is 39.3 Å². The monoisotopic (exact) mass is 322 g/mol. The van der Waals surface area contributed by atoms with Crippen LogP contribution in [0.15, 0.2) is 18.2 Å². The van der Waals surface area contributed by atoms with Gasteiger partial charge in [-0.3, -0.25) is 0 Å². The fraction of sp³-hybridized carbons (Fsp3) is 0.333. The average Bonchev–Trinajstić information content (AvgIpc) is 2.76. The Kier molecular flexibility index (Phi) is 5.14. The molecule has 0 aliphatic heterocycles. The Hall–Kier alpha value is -1.66. The first kappa shape index (κ1) is 15.7. The summed E-state index contributed by atoms with van der Waals surface area (Å²) >= 11 is 6.62. The molecule has 0 amide bonds. The molecule has 0 aliphatic rings. The smallest absolute Gasteiger partial charge is 0.161 e. The number of aromatic nitrogens is 1. The van der Waals surface area contributed by atoms with Crippen molar-refractivity contribution in [1.82, 2.24) is 4.98 Å². The molecule has 2 N–H and O–H groups in total. The molecular weight excluding hydrogens is 304 g/mol. The predicted octanol–water partition coefficient (Wildman–Crippen LogP) is 3.37. The summed E-state index contributed by atoms with van der Waals surface area (Å²) in [7, 11) is 0. The normalized spacial score (nSPS) is 10.4. The molecule has 0 saturated heterocycles. The number of hydrogen-bond acceptors (Lipinski definition) is 5. The second kappa shape index (κ2) is 6.87. The summed E-state index contributed by atoms with van der Waals surface area (Å²) in [5, 5.41) is 0.950. The summed E-state index contributed by atoms with van der Waals surface area (Å²) in [5.74, 6) is 1.31. The van der Waals surface area contributed by atoms with E-state index in [1.165, 1.54) is 4.88 Å². The second-order valence-corrected chi connectivity index (χ2v) is 6.22. The van der Waals surface area contributed by atoms with E-state index < -0.39 is 0 Å². The maximum Gasteiger partial charge on any atom is 0.161 e. The van der Waals surface area contributed by atoms with Crippen LogP contribution in [0.2, 0.25) is 0 Å². The van der Waals surface area contributed by atoms with Crippen molar-refractivity contribution in [3.8, 4) is 11.5 Å². The first-order valence-electron chi connectivity index (χ1n) is 6.63. The van der Waals surface area contributed by atoms with Gasteiger partial charge in [0.25, 0.3) is 0 Å². The number of nitrogens with zero attached hydrogens (tertiary/aromatic N) is 1. The Bertz CT molecular complexity index is 634. The topological polar surface area (TPSA) is 57.4 Å². The highest BCUT2D eigenvalue weighted by molar-refractivity contribution is 7.80. The minimum atomic E-state index is 0.341. The Balaban J connectivity index is 2.16. The number of aryl methyl sites for hydroxylation is 2. The van der Waals surface area contributed by atoms with Crippen molar-refractivity contribution >= 4 is 28.5 Å². The van der Waals surface area contributed by atoms with Gasteiger partial charge in [-0.1, -0.05) is 12.2 Å². The molecule has 0 fully saturated rings. The second-order valence-electron chi connectivity index (χ2n) is 4.50. The molecular formula is C15H18N2O2S2. The zero-order chi connectivity index (χ0) is 15.4. The van der Waals surface area contributed by atoms with E-state index in [2.05, 4.69) is 11.9 Å². The van der Waals surface area contributed by atoms with Crippen molar-refractivity contribution in [2.75, 3.05) is 6.61 Å². The summed E-state index contributed by atoms with van der Waals surface area (Å²) in [6.45, 7) is 6.94. The van der Waals surface area contributed by atoms with Crippen LogP contribution in [0.5, 0.6) is 11.5 Å². The molecule has 0 atom stereocenters. The third-order valence-corrected chi connectivity index (χ3v) is 4.23. The Labute approximate surface area is 133 Å². The van der Waals surface area contributed by atoms with Gasteiger partial charge in [0.05, 0.1) is 12.3 Å². The van der Waals surface area contributed by atoms with Gasteiger partial charge in [-0.25, -0.2) is 4.98 Å². The van der Waals surface area contributed by atoms with E-state index >= 15 is 0 Å². The van der Waals surface area contributed by atoms with E-state index in [1.807, 2.05) is 26.0 Å². The Morgan fingerprint density at radius 1 is 1.29 bits per heavy atom. The van der Waals surface area contributed by atoms with Gasteiger partial charge in [-0.15, -0.1) is 11.3 Å². The van der Waals surface area contributed by atoms with Crippen molar-refractivity contribution in [1.29, 1.82) is 0 Å². The van der Waals surface area contributed by atoms with E-state index in [4.69, 9.17) is 27.4 Å². The van der Waals surface area contributed by atoms with Crippen LogP contribution in [0.3, 0.4) is 0 Å². The van der Waals surface area contributed by atoms with Crippen molar-refractivity contribution < 1.29 is 9.47 Å². The maximum absolute atomic E-state index is 5.82. The molecule has 2 rings (SSSR count). The average molecular weight is 322 g/mol. The van der Waals surface area contributed by atoms with Crippen LogP contribution < -0.4 is 15.2 Å². The van der Waals surface area contributed by atoms with Crippen LogP contribution >= 0.6 is 23.6 Å². The Morgan fingerprint density at radius 3 is 2.62 bits per heavy atom. The third-order valence-electron chi connectivity index (χ3n) is 2.95. The third kappa shape index (κ3) is 3.92.